The van der Waals surface area contributed by atoms with Crippen LogP contribution in [0.4, 0.5) is 0 Å². The van der Waals surface area contributed by atoms with E-state index in [-0.39, 0.29) is 72.8 Å². The van der Waals surface area contributed by atoms with Gasteiger partial charge in [0.15, 0.2) is 0 Å². The Bertz CT molecular complexity index is 3590. The summed E-state index contributed by atoms with van der Waals surface area (Å²) in [5.41, 5.74) is -0.581. The van der Waals surface area contributed by atoms with E-state index < -0.39 is 5.41 Å². The third-order valence-corrected chi connectivity index (χ3v) is 34.5. The van der Waals surface area contributed by atoms with Crippen molar-refractivity contribution >= 4 is 59.5 Å². The van der Waals surface area contributed by atoms with Crippen molar-refractivity contribution < 1.29 is 81.1 Å². The summed E-state index contributed by atoms with van der Waals surface area (Å²) in [5.74, 6) is 9.92. The van der Waals surface area contributed by atoms with Crippen molar-refractivity contribution in [2.24, 2.45) is 76.4 Å². The standard InChI is InChI=1S/2C20H35N3O3.C19H33N3O3.C19H34N2O4.C16H30N2O2.C15H28N2O2/c1-21-11-5-17(6-12-21)18-7-13-22(14-8-18)16-20(25)26-15-3-10-23-9-2-4-19(23)24;1-21-10-5-17(6-11-21)18-7-12-22(13-8-18)16-20(25)26-15-14-23-9-3-2-4-19(23)24;1-20-9-4-16(5-10-20)17-6-11-21(12-7-17)15-19(24)25-14-13-22-8-2-3-18(22)23;1-19(2,3)18(23)25-14-24-17(22)13-21-11-7-16(8-12-21)15-5-9-20(4)10-6-15;1-3-20-16(19)8-13-18-11-6-15(7-12-18)14-4-9-17(2)10-5-14;1-16-8-3-13(4-9-16)14-5-10-17(11-6-14)12-7-15(18)19-2/h2*17-18H,2-16H2,1H3;16-17H,2-15H2,1H3;15-16H,5-14H2,1-4H3;14-15H,3-13H2,1-2H3;13-14H,3-12H2,1-2H3. The molecule has 808 valence electrons. The van der Waals surface area contributed by atoms with Crippen molar-refractivity contribution in [1.82, 2.24) is 73.5 Å². The number of piperidine rings is 13. The SMILES string of the molecule is CCOC(=O)CCN1CCC(C2CCN(C)CC2)CC1.CN1CCC(C2CCN(CC(=O)OCCCN3CCCC3=O)CC2)CC1.CN1CCC(C2CCN(CC(=O)OCCN3CCCC3=O)CC2)CC1.CN1CCC(C2CCN(CC(=O)OCCN3CCCCC3=O)CC2)CC1.CN1CCC(C2CCN(CC(=O)OCOC(=O)C(C)(C)C)CC2)CC1.COC(=O)CCN1CCC(C2CCN(C)CC2)CC1. The van der Waals surface area contributed by atoms with Crippen molar-refractivity contribution in [2.75, 3.05) is 318 Å². The molecule has 15 fully saturated rings. The van der Waals surface area contributed by atoms with Gasteiger partial charge in [0.25, 0.3) is 0 Å². The molecule has 3 amide bonds. The average molecular weight is 1990 g/mol. The van der Waals surface area contributed by atoms with E-state index in [1.54, 1.807) is 25.7 Å². The Labute approximate surface area is 850 Å². The molecule has 0 aromatic carbocycles. The minimum atomic E-state index is -0.581. The van der Waals surface area contributed by atoms with Crippen LogP contribution in [0.2, 0.25) is 0 Å². The third-order valence-electron chi connectivity index (χ3n) is 34.5. The van der Waals surface area contributed by atoms with Crippen molar-refractivity contribution in [3.05, 3.63) is 0 Å². The zero-order valence-corrected chi connectivity index (χ0v) is 90.1. The number of hydrogen-bond donors (Lipinski definition) is 0. The predicted octanol–water partition coefficient (Wildman–Crippen LogP) is 10.1. The lowest BCUT2D eigenvalue weighted by Gasteiger charge is -2.39. The first-order chi connectivity index (χ1) is 68.0. The molecule has 0 bridgehead atoms. The van der Waals surface area contributed by atoms with E-state index in [4.69, 9.17) is 33.2 Å². The van der Waals surface area contributed by atoms with Gasteiger partial charge >= 0.3 is 41.8 Å². The zero-order valence-electron chi connectivity index (χ0n) is 90.1. The summed E-state index contributed by atoms with van der Waals surface area (Å²) in [7, 11) is 14.8. The number of ether oxygens (including phenoxy) is 7. The highest BCUT2D eigenvalue weighted by Gasteiger charge is 2.38. The monoisotopic (exact) mass is 1990 g/mol. The van der Waals surface area contributed by atoms with Crippen molar-refractivity contribution in [1.29, 1.82) is 0 Å². The fraction of sp³-hybridized carbons (Fsp3) is 0.908. The van der Waals surface area contributed by atoms with Gasteiger partial charge in [-0.2, -0.15) is 0 Å². The number of carbonyl (C=O) groups is 10. The van der Waals surface area contributed by atoms with Gasteiger partial charge in [0, 0.05) is 58.5 Å². The van der Waals surface area contributed by atoms with E-state index in [0.717, 1.165) is 214 Å². The van der Waals surface area contributed by atoms with E-state index >= 15 is 0 Å². The van der Waals surface area contributed by atoms with E-state index in [1.807, 2.05) is 16.7 Å². The van der Waals surface area contributed by atoms with Gasteiger partial charge in [-0.3, -0.25) is 67.5 Å². The fourth-order valence-electron chi connectivity index (χ4n) is 24.7. The number of carbonyl (C=O) groups excluding carboxylic acids is 10. The quantitative estimate of drug-likeness (QED) is 0.0255. The Morgan fingerprint density at radius 1 is 0.262 bits per heavy atom. The second kappa shape index (κ2) is 63.8. The molecule has 141 heavy (non-hydrogen) atoms. The van der Waals surface area contributed by atoms with Gasteiger partial charge in [0.2, 0.25) is 24.5 Å². The van der Waals surface area contributed by atoms with Gasteiger partial charge in [-0.05, 0) is 484 Å². The molecule has 0 aromatic heterocycles. The highest BCUT2D eigenvalue weighted by Crippen LogP contribution is 2.39. The third kappa shape index (κ3) is 43.9. The fourth-order valence-corrected chi connectivity index (χ4v) is 24.7. The summed E-state index contributed by atoms with van der Waals surface area (Å²) in [6.45, 7) is 43.5. The van der Waals surface area contributed by atoms with E-state index in [2.05, 4.69) is 101 Å². The van der Waals surface area contributed by atoms with Gasteiger partial charge in [0.1, 0.15) is 13.2 Å². The average Bonchev–Trinajstić information content (AvgIpc) is 1.45. The Hall–Kier alpha value is -5.78. The Morgan fingerprint density at radius 2 is 0.504 bits per heavy atom. The summed E-state index contributed by atoms with van der Waals surface area (Å²) >= 11 is 0. The summed E-state index contributed by atoms with van der Waals surface area (Å²) < 4.78 is 35.8. The van der Waals surface area contributed by atoms with Crippen molar-refractivity contribution in [3.8, 4) is 0 Å². The molecule has 15 heterocycles. The lowest BCUT2D eigenvalue weighted by Crippen LogP contribution is -2.42. The summed E-state index contributed by atoms with van der Waals surface area (Å²) in [4.78, 5) is 151. The van der Waals surface area contributed by atoms with E-state index in [1.165, 1.54) is 240 Å². The lowest BCUT2D eigenvalue weighted by atomic mass is 9.79. The largest absolute Gasteiger partial charge is 0.469 e. The number of nitrogens with zero attached hydrogens (tertiary/aromatic N) is 15. The summed E-state index contributed by atoms with van der Waals surface area (Å²) in [6, 6.07) is 0. The molecule has 0 radical (unpaired) electrons. The first-order valence-corrected chi connectivity index (χ1v) is 56.3. The highest BCUT2D eigenvalue weighted by atomic mass is 16.7. The lowest BCUT2D eigenvalue weighted by molar-refractivity contribution is -0.174. The van der Waals surface area contributed by atoms with Crippen LogP contribution in [0.1, 0.15) is 246 Å². The molecular weight excluding hydrogens is 1790 g/mol. The van der Waals surface area contributed by atoms with Crippen LogP contribution in [0.15, 0.2) is 0 Å². The molecular formula is C109H195N15O17. The minimum Gasteiger partial charge on any atom is -0.469 e. The Morgan fingerprint density at radius 3 is 0.766 bits per heavy atom. The normalized spacial score (nSPS) is 24.0. The van der Waals surface area contributed by atoms with Crippen LogP contribution in [0, 0.1) is 76.4 Å². The first kappa shape index (κ1) is 117. The number of likely N-dealkylation sites (tertiary alicyclic amines) is 15. The molecule has 0 spiro atoms. The maximum absolute atomic E-state index is 12.1. The maximum Gasteiger partial charge on any atom is 0.323 e. The van der Waals surface area contributed by atoms with Crippen LogP contribution in [0.3, 0.4) is 0 Å². The summed E-state index contributed by atoms with van der Waals surface area (Å²) in [5, 5.41) is 0. The van der Waals surface area contributed by atoms with Crippen molar-refractivity contribution in [2.45, 2.75) is 246 Å². The number of rotatable bonds is 33. The van der Waals surface area contributed by atoms with Gasteiger partial charge in [0.05, 0.1) is 77.8 Å². The Kier molecular flexibility index (Phi) is 53.0. The van der Waals surface area contributed by atoms with Crippen LogP contribution in [-0.4, -0.2) is 451 Å². The number of hydrogen-bond acceptors (Lipinski definition) is 29. The number of amides is 3. The van der Waals surface area contributed by atoms with Gasteiger partial charge in [-0.1, -0.05) is 0 Å². The van der Waals surface area contributed by atoms with Gasteiger partial charge in [-0.15, -0.1) is 0 Å². The minimum absolute atomic E-state index is 0.0510. The molecule has 15 saturated heterocycles. The number of esters is 7. The van der Waals surface area contributed by atoms with E-state index in [9.17, 15) is 47.9 Å². The molecule has 15 rings (SSSR count). The molecule has 0 unspecified atom stereocenters. The second-order valence-electron chi connectivity index (χ2n) is 45.7. The topological polar surface area (TPSA) is 284 Å². The van der Waals surface area contributed by atoms with Crippen LogP contribution in [0.25, 0.3) is 0 Å². The second-order valence-corrected chi connectivity index (χ2v) is 45.7. The summed E-state index contributed by atoms with van der Waals surface area (Å²) in [6.07, 6.45) is 38.7. The molecule has 0 atom stereocenters. The maximum atomic E-state index is 12.1. The predicted molar refractivity (Wildman–Crippen MR) is 550 cm³/mol. The van der Waals surface area contributed by atoms with Crippen LogP contribution < -0.4 is 0 Å². The molecule has 32 heteroatoms. The van der Waals surface area contributed by atoms with Gasteiger partial charge < -0.3 is 87.1 Å². The molecule has 15 aliphatic rings. The number of methoxy groups -OCH3 is 1. The molecule has 0 aromatic rings. The molecule has 0 saturated carbocycles. The van der Waals surface area contributed by atoms with Crippen LogP contribution in [-0.2, 0) is 81.1 Å². The van der Waals surface area contributed by atoms with E-state index in [0.29, 0.717) is 97.8 Å². The van der Waals surface area contributed by atoms with Crippen LogP contribution in [0.5, 0.6) is 0 Å². The molecule has 15 aliphatic heterocycles. The first-order valence-electron chi connectivity index (χ1n) is 56.3. The Balaban J connectivity index is 0.000000175. The zero-order chi connectivity index (χ0) is 101. The highest BCUT2D eigenvalue weighted by molar-refractivity contribution is 5.79. The van der Waals surface area contributed by atoms with Gasteiger partial charge in [-0.25, -0.2) is 0 Å². The molecule has 0 aliphatic carbocycles. The molecule has 0 N–H and O–H groups in total. The van der Waals surface area contributed by atoms with Crippen molar-refractivity contribution in [3.63, 3.8) is 0 Å². The molecule has 32 nitrogen and oxygen atoms in total. The van der Waals surface area contributed by atoms with Crippen LogP contribution >= 0.6 is 0 Å². The smallest absolute Gasteiger partial charge is 0.323 e.